The lowest BCUT2D eigenvalue weighted by atomic mass is 10.1. The summed E-state index contributed by atoms with van der Waals surface area (Å²) in [4.78, 5) is 61.2. The van der Waals surface area contributed by atoms with E-state index in [1.165, 1.54) is 28.5 Å². The Kier molecular flexibility index (Phi) is 19.7. The van der Waals surface area contributed by atoms with Crippen molar-refractivity contribution < 1.29 is 34.2 Å². The predicted octanol–water partition coefficient (Wildman–Crippen LogP) is 0.205. The number of carboxylic acid groups (broad SMARTS) is 1. The zero-order chi connectivity index (χ0) is 30.3. The first-order valence-electron chi connectivity index (χ1n) is 12.2. The first kappa shape index (κ1) is 38.2. The lowest BCUT2D eigenvalue weighted by molar-refractivity contribution is -0.137. The second-order valence-corrected chi connectivity index (χ2v) is 14.0. The predicted molar refractivity (Wildman–Crippen MR) is 165 cm³/mol. The minimum atomic E-state index is -1.24. The molecule has 17 heteroatoms. The maximum Gasteiger partial charge on any atom is 0.303 e. The summed E-state index contributed by atoms with van der Waals surface area (Å²) in [7, 11) is 3.69. The molecular formula is C22H41N5O7S5. The smallest absolute Gasteiger partial charge is 0.303 e. The van der Waals surface area contributed by atoms with E-state index in [2.05, 4.69) is 45.6 Å². The van der Waals surface area contributed by atoms with Gasteiger partial charge in [0.1, 0.15) is 6.04 Å². The minimum Gasteiger partial charge on any atom is -0.481 e. The van der Waals surface area contributed by atoms with E-state index in [1.807, 2.05) is 13.8 Å². The van der Waals surface area contributed by atoms with Crippen molar-refractivity contribution in [2.45, 2.75) is 94.4 Å². The fourth-order valence-corrected chi connectivity index (χ4v) is 6.09. The number of nitrogens with one attached hydrogen (secondary N) is 4. The lowest BCUT2D eigenvalue weighted by Crippen LogP contribution is -2.57. The van der Waals surface area contributed by atoms with Gasteiger partial charge in [0.25, 0.3) is 0 Å². The zero-order valence-corrected chi connectivity index (χ0v) is 26.8. The molecule has 0 radical (unpaired) electrons. The van der Waals surface area contributed by atoms with Crippen molar-refractivity contribution in [1.29, 1.82) is 0 Å². The first-order valence-corrected chi connectivity index (χ1v) is 17.1. The third-order valence-corrected chi connectivity index (χ3v) is 9.20. The van der Waals surface area contributed by atoms with Crippen molar-refractivity contribution >= 4 is 86.1 Å². The summed E-state index contributed by atoms with van der Waals surface area (Å²) < 4.78 is 0. The van der Waals surface area contributed by atoms with Crippen LogP contribution in [0, 0.1) is 0 Å². The Hall–Kier alpha value is -0.820. The van der Waals surface area contributed by atoms with E-state index in [4.69, 9.17) is 10.8 Å². The maximum atomic E-state index is 13.0. The SMILES string of the molecule is CC(C)N[C@@H](CSSC[C@H](NC(=O)[C@H](CCC(=O)O)NC(C)SS)C(=O)C(C)S)C(=O)N[C@H](C(N)=O)[C@@H](C)O. The van der Waals surface area contributed by atoms with E-state index in [0.717, 1.165) is 10.8 Å². The van der Waals surface area contributed by atoms with Crippen LogP contribution in [0.4, 0.5) is 0 Å². The number of hydrogen-bond donors (Lipinski definition) is 9. The average Bonchev–Trinajstić information content (AvgIpc) is 2.84. The van der Waals surface area contributed by atoms with Crippen molar-refractivity contribution in [3.8, 4) is 0 Å². The normalized spacial score (nSPS) is 16.8. The van der Waals surface area contributed by atoms with Gasteiger partial charge in [0.15, 0.2) is 5.78 Å². The number of aliphatic carboxylic acids is 1. The molecule has 0 aromatic carbocycles. The molecule has 0 aliphatic rings. The summed E-state index contributed by atoms with van der Waals surface area (Å²) in [5.74, 6) is -2.85. The van der Waals surface area contributed by atoms with Crippen molar-refractivity contribution in [2.24, 2.45) is 5.73 Å². The van der Waals surface area contributed by atoms with Gasteiger partial charge in [-0.1, -0.05) is 46.2 Å². The molecule has 2 unspecified atom stereocenters. The third-order valence-electron chi connectivity index (χ3n) is 5.12. The third kappa shape index (κ3) is 16.3. The molecule has 0 aliphatic carbocycles. The molecule has 8 N–H and O–H groups in total. The standard InChI is InChI=1S/C22H41N5O7S5/c1-10(2)24-16(22(34)27-18(11(3)28)20(23)32)9-38-37-8-15(19(31)12(4)35)26-21(33)14(6-7-17(29)30)25-13(5)39-36/h10-16,18,24-25,28,35-36H,6-9H2,1-5H3,(H2,23,32)(H,26,33)(H,27,34)(H,29,30)/t11-,12?,13?,14+,15+,16+,18+/m1/s1. The first-order chi connectivity index (χ1) is 18.1. The summed E-state index contributed by atoms with van der Waals surface area (Å²) in [5, 5.41) is 29.1. The molecule has 0 aliphatic heterocycles. The van der Waals surface area contributed by atoms with Crippen LogP contribution in [0.25, 0.3) is 0 Å². The molecule has 0 saturated carbocycles. The summed E-state index contributed by atoms with van der Waals surface area (Å²) >= 11 is 8.32. The van der Waals surface area contributed by atoms with Gasteiger partial charge in [-0.15, -0.1) is 11.7 Å². The van der Waals surface area contributed by atoms with Gasteiger partial charge < -0.3 is 31.9 Å². The number of rotatable bonds is 21. The number of aliphatic hydroxyl groups is 1. The molecule has 0 bridgehead atoms. The number of nitrogens with two attached hydrogens (primary N) is 1. The van der Waals surface area contributed by atoms with Gasteiger partial charge in [0, 0.05) is 24.0 Å². The highest BCUT2D eigenvalue weighted by Gasteiger charge is 2.30. The van der Waals surface area contributed by atoms with Gasteiger partial charge in [-0.2, -0.15) is 12.6 Å². The Morgan fingerprint density at radius 3 is 1.85 bits per heavy atom. The number of Topliss-reactive ketones (excluding diaryl/α,β-unsaturated/α-hetero) is 1. The van der Waals surface area contributed by atoms with Crippen LogP contribution in [0.1, 0.15) is 47.5 Å². The van der Waals surface area contributed by atoms with Crippen molar-refractivity contribution in [2.75, 3.05) is 11.5 Å². The molecule has 0 saturated heterocycles. The molecule has 3 amide bonds. The van der Waals surface area contributed by atoms with Crippen LogP contribution >= 0.6 is 56.7 Å². The molecule has 12 nitrogen and oxygen atoms in total. The number of primary amides is 1. The minimum absolute atomic E-state index is 0.0233. The largest absolute Gasteiger partial charge is 0.481 e. The van der Waals surface area contributed by atoms with Crippen LogP contribution in [0.15, 0.2) is 0 Å². The van der Waals surface area contributed by atoms with Crippen LogP contribution in [0.5, 0.6) is 0 Å². The van der Waals surface area contributed by atoms with Crippen molar-refractivity contribution in [3.63, 3.8) is 0 Å². The van der Waals surface area contributed by atoms with Crippen LogP contribution in [-0.2, 0) is 24.0 Å². The average molecular weight is 648 g/mol. The highest BCUT2D eigenvalue weighted by atomic mass is 33.1. The molecule has 0 rings (SSSR count). The molecule has 226 valence electrons. The Bertz CT molecular complexity index is 822. The second kappa shape index (κ2) is 20.1. The van der Waals surface area contributed by atoms with Gasteiger partial charge >= 0.3 is 5.97 Å². The Balaban J connectivity index is 5.35. The lowest BCUT2D eigenvalue weighted by Gasteiger charge is -2.26. The van der Waals surface area contributed by atoms with Gasteiger partial charge in [-0.3, -0.25) is 29.3 Å². The number of carbonyl (C=O) groups is 5. The summed E-state index contributed by atoms with van der Waals surface area (Å²) in [6.07, 6.45) is -1.38. The van der Waals surface area contributed by atoms with Crippen LogP contribution in [0.2, 0.25) is 0 Å². The number of carboxylic acids is 1. The number of carbonyl (C=O) groups excluding carboxylic acids is 4. The highest BCUT2D eigenvalue weighted by Crippen LogP contribution is 2.24. The van der Waals surface area contributed by atoms with E-state index < -0.39 is 59.2 Å². The Labute approximate surface area is 252 Å². The van der Waals surface area contributed by atoms with Crippen molar-refractivity contribution in [1.82, 2.24) is 21.3 Å². The zero-order valence-electron chi connectivity index (χ0n) is 22.6. The molecule has 0 aromatic rings. The van der Waals surface area contributed by atoms with Crippen LogP contribution in [-0.4, -0.2) is 98.1 Å². The number of thiol groups is 2. The topological polar surface area (TPSA) is 200 Å². The monoisotopic (exact) mass is 647 g/mol. The molecule has 0 spiro atoms. The van der Waals surface area contributed by atoms with Gasteiger partial charge in [0.2, 0.25) is 17.7 Å². The molecule has 0 aromatic heterocycles. The van der Waals surface area contributed by atoms with E-state index >= 15 is 0 Å². The fraction of sp³-hybridized carbons (Fsp3) is 0.773. The van der Waals surface area contributed by atoms with E-state index in [0.29, 0.717) is 0 Å². The number of amides is 3. The highest BCUT2D eigenvalue weighted by molar-refractivity contribution is 8.76. The maximum absolute atomic E-state index is 13.0. The van der Waals surface area contributed by atoms with Gasteiger partial charge in [-0.05, 0) is 27.2 Å². The summed E-state index contributed by atoms with van der Waals surface area (Å²) in [6.45, 7) is 8.40. The quantitative estimate of drug-likeness (QED) is 0.0356. The van der Waals surface area contributed by atoms with Gasteiger partial charge in [0.05, 0.1) is 34.9 Å². The van der Waals surface area contributed by atoms with Crippen molar-refractivity contribution in [3.05, 3.63) is 0 Å². The van der Waals surface area contributed by atoms with E-state index in [-0.39, 0.29) is 41.5 Å². The fourth-order valence-electron chi connectivity index (χ4n) is 3.15. The van der Waals surface area contributed by atoms with Crippen LogP contribution in [0.3, 0.4) is 0 Å². The van der Waals surface area contributed by atoms with Gasteiger partial charge in [-0.25, -0.2) is 0 Å². The number of hydrogen-bond acceptors (Lipinski definition) is 13. The molecule has 39 heavy (non-hydrogen) atoms. The molecule has 0 fully saturated rings. The number of aliphatic hydroxyl groups excluding tert-OH is 1. The molecular weight excluding hydrogens is 607 g/mol. The van der Waals surface area contributed by atoms with E-state index in [1.54, 1.807) is 13.8 Å². The second-order valence-electron chi connectivity index (χ2n) is 9.11. The summed E-state index contributed by atoms with van der Waals surface area (Å²) in [5.41, 5.74) is 5.27. The Morgan fingerprint density at radius 2 is 1.41 bits per heavy atom. The Morgan fingerprint density at radius 1 is 0.872 bits per heavy atom. The van der Waals surface area contributed by atoms with Crippen LogP contribution < -0.4 is 27.0 Å². The molecule has 7 atom stereocenters. The molecule has 0 heterocycles. The van der Waals surface area contributed by atoms with E-state index in [9.17, 15) is 29.1 Å². The number of ketones is 1. The summed E-state index contributed by atoms with van der Waals surface area (Å²) in [6, 6.07) is -3.81.